The smallest absolute Gasteiger partial charge is 0.0215 e. The van der Waals surface area contributed by atoms with Gasteiger partial charge in [-0.3, -0.25) is 4.90 Å². The first-order valence-electron chi connectivity index (χ1n) is 7.39. The number of hydrogen-bond acceptors (Lipinski definition) is 3. The van der Waals surface area contributed by atoms with E-state index in [1.165, 1.54) is 58.0 Å². The second-order valence-corrected chi connectivity index (χ2v) is 7.12. The summed E-state index contributed by atoms with van der Waals surface area (Å²) in [7, 11) is 0. The minimum atomic E-state index is 0.798. The third kappa shape index (κ3) is 2.99. The van der Waals surface area contributed by atoms with Crippen molar-refractivity contribution in [1.82, 2.24) is 10.2 Å². The van der Waals surface area contributed by atoms with Crippen LogP contribution in [0.25, 0.3) is 0 Å². The molecular formula is C14H26N2S. The van der Waals surface area contributed by atoms with E-state index in [1.54, 1.807) is 0 Å². The van der Waals surface area contributed by atoms with Crippen LogP contribution < -0.4 is 5.32 Å². The predicted octanol–water partition coefficient (Wildman–Crippen LogP) is 2.49. The van der Waals surface area contributed by atoms with Gasteiger partial charge in [0.25, 0.3) is 0 Å². The number of rotatable bonds is 4. The second kappa shape index (κ2) is 5.50. The zero-order chi connectivity index (χ0) is 11.7. The average molecular weight is 254 g/mol. The van der Waals surface area contributed by atoms with E-state index < -0.39 is 0 Å². The van der Waals surface area contributed by atoms with Crippen molar-refractivity contribution in [2.24, 2.45) is 0 Å². The minimum absolute atomic E-state index is 0.798. The molecule has 0 amide bonds. The first kappa shape index (κ1) is 12.3. The van der Waals surface area contributed by atoms with Crippen LogP contribution in [-0.4, -0.2) is 47.6 Å². The van der Waals surface area contributed by atoms with Gasteiger partial charge in [0.2, 0.25) is 0 Å². The van der Waals surface area contributed by atoms with Gasteiger partial charge >= 0.3 is 0 Å². The van der Waals surface area contributed by atoms with Crippen molar-refractivity contribution in [1.29, 1.82) is 0 Å². The highest BCUT2D eigenvalue weighted by molar-refractivity contribution is 7.99. The molecule has 3 atom stereocenters. The normalized spacial score (nSPS) is 39.7. The highest BCUT2D eigenvalue weighted by Crippen LogP contribution is 2.33. The Morgan fingerprint density at radius 3 is 2.59 bits per heavy atom. The molecule has 3 heteroatoms. The summed E-state index contributed by atoms with van der Waals surface area (Å²) in [5.74, 6) is 0. The van der Waals surface area contributed by atoms with E-state index in [4.69, 9.17) is 0 Å². The molecule has 0 aromatic rings. The standard InChI is InChI=1S/C14H26N2S/c1-17-14-5-3-2-4-13(14)16-9-8-12(10-16)15-11-6-7-11/h11-15H,2-10H2,1H3. The minimum Gasteiger partial charge on any atom is -0.310 e. The van der Waals surface area contributed by atoms with Crippen LogP contribution in [0.1, 0.15) is 44.9 Å². The Morgan fingerprint density at radius 1 is 1.00 bits per heavy atom. The molecule has 3 aliphatic rings. The van der Waals surface area contributed by atoms with E-state index in [2.05, 4.69) is 28.2 Å². The molecule has 0 aromatic heterocycles. The Hall–Kier alpha value is 0.270. The van der Waals surface area contributed by atoms with E-state index >= 15 is 0 Å². The third-order valence-corrected chi connectivity index (χ3v) is 5.86. The van der Waals surface area contributed by atoms with Crippen molar-refractivity contribution in [3.8, 4) is 0 Å². The van der Waals surface area contributed by atoms with Crippen LogP contribution in [-0.2, 0) is 0 Å². The lowest BCUT2D eigenvalue weighted by molar-refractivity contribution is 0.193. The number of nitrogens with one attached hydrogen (secondary N) is 1. The fourth-order valence-electron chi connectivity index (χ4n) is 3.58. The number of nitrogens with zero attached hydrogens (tertiary/aromatic N) is 1. The Labute approximate surface area is 110 Å². The molecule has 3 rings (SSSR count). The van der Waals surface area contributed by atoms with Crippen molar-refractivity contribution in [2.75, 3.05) is 19.3 Å². The highest BCUT2D eigenvalue weighted by atomic mass is 32.2. The van der Waals surface area contributed by atoms with E-state index in [1.807, 2.05) is 0 Å². The average Bonchev–Trinajstić information content (AvgIpc) is 3.05. The van der Waals surface area contributed by atoms with Crippen molar-refractivity contribution in [2.45, 2.75) is 68.3 Å². The largest absolute Gasteiger partial charge is 0.310 e. The molecule has 1 saturated heterocycles. The maximum absolute atomic E-state index is 3.81. The molecule has 2 nitrogen and oxygen atoms in total. The van der Waals surface area contributed by atoms with Gasteiger partial charge in [0, 0.05) is 36.5 Å². The van der Waals surface area contributed by atoms with E-state index in [0.717, 1.165) is 23.4 Å². The SMILES string of the molecule is CSC1CCCCC1N1CCC(NC2CC2)C1. The fraction of sp³-hybridized carbons (Fsp3) is 1.00. The zero-order valence-corrected chi connectivity index (χ0v) is 11.8. The lowest BCUT2D eigenvalue weighted by Crippen LogP contribution is -2.44. The molecule has 98 valence electrons. The molecule has 0 bridgehead atoms. The first-order chi connectivity index (χ1) is 8.36. The summed E-state index contributed by atoms with van der Waals surface area (Å²) in [4.78, 5) is 2.79. The van der Waals surface area contributed by atoms with Crippen LogP contribution in [0.2, 0.25) is 0 Å². The molecule has 3 fully saturated rings. The Morgan fingerprint density at radius 2 is 1.82 bits per heavy atom. The molecule has 2 aliphatic carbocycles. The molecule has 3 unspecified atom stereocenters. The first-order valence-corrected chi connectivity index (χ1v) is 8.68. The van der Waals surface area contributed by atoms with Crippen LogP contribution in [0.3, 0.4) is 0 Å². The monoisotopic (exact) mass is 254 g/mol. The Bertz CT molecular complexity index is 255. The molecule has 0 spiro atoms. The summed E-state index contributed by atoms with van der Waals surface area (Å²) in [6, 6.07) is 2.55. The molecular weight excluding hydrogens is 228 g/mol. The van der Waals surface area contributed by atoms with Crippen molar-refractivity contribution < 1.29 is 0 Å². The molecule has 17 heavy (non-hydrogen) atoms. The Balaban J connectivity index is 1.52. The quantitative estimate of drug-likeness (QED) is 0.830. The van der Waals surface area contributed by atoms with Gasteiger partial charge in [-0.2, -0.15) is 11.8 Å². The molecule has 1 aliphatic heterocycles. The van der Waals surface area contributed by atoms with Crippen molar-refractivity contribution in [3.05, 3.63) is 0 Å². The van der Waals surface area contributed by atoms with E-state index in [9.17, 15) is 0 Å². The maximum atomic E-state index is 3.81. The van der Waals surface area contributed by atoms with E-state index in [0.29, 0.717) is 0 Å². The lowest BCUT2D eigenvalue weighted by Gasteiger charge is -2.37. The number of thioether (sulfide) groups is 1. The van der Waals surface area contributed by atoms with Crippen molar-refractivity contribution in [3.63, 3.8) is 0 Å². The fourth-order valence-corrected chi connectivity index (χ4v) is 4.60. The second-order valence-electron chi connectivity index (χ2n) is 6.05. The number of likely N-dealkylation sites (tertiary alicyclic amines) is 1. The third-order valence-electron chi connectivity index (χ3n) is 4.71. The topological polar surface area (TPSA) is 15.3 Å². The van der Waals surface area contributed by atoms with Gasteiger partial charge in [-0.25, -0.2) is 0 Å². The highest BCUT2D eigenvalue weighted by Gasteiger charge is 2.35. The summed E-state index contributed by atoms with van der Waals surface area (Å²) in [6.07, 6.45) is 12.3. The molecule has 1 heterocycles. The van der Waals surface area contributed by atoms with Gasteiger partial charge < -0.3 is 5.32 Å². The van der Waals surface area contributed by atoms with Crippen LogP contribution >= 0.6 is 11.8 Å². The van der Waals surface area contributed by atoms with Gasteiger partial charge in [0.15, 0.2) is 0 Å². The van der Waals surface area contributed by atoms with Gasteiger partial charge in [-0.15, -0.1) is 0 Å². The maximum Gasteiger partial charge on any atom is 0.0215 e. The lowest BCUT2D eigenvalue weighted by atomic mass is 9.94. The van der Waals surface area contributed by atoms with Gasteiger partial charge in [-0.05, 0) is 38.4 Å². The van der Waals surface area contributed by atoms with Gasteiger partial charge in [0.1, 0.15) is 0 Å². The Kier molecular flexibility index (Phi) is 3.98. The predicted molar refractivity (Wildman–Crippen MR) is 75.7 cm³/mol. The summed E-state index contributed by atoms with van der Waals surface area (Å²) in [5.41, 5.74) is 0. The molecule has 1 N–H and O–H groups in total. The number of hydrogen-bond donors (Lipinski definition) is 1. The van der Waals surface area contributed by atoms with E-state index in [-0.39, 0.29) is 0 Å². The van der Waals surface area contributed by atoms with Gasteiger partial charge in [0.05, 0.1) is 0 Å². The molecule has 0 radical (unpaired) electrons. The van der Waals surface area contributed by atoms with Crippen LogP contribution in [0.15, 0.2) is 0 Å². The zero-order valence-electron chi connectivity index (χ0n) is 11.0. The van der Waals surface area contributed by atoms with Crippen LogP contribution in [0, 0.1) is 0 Å². The van der Waals surface area contributed by atoms with Crippen LogP contribution in [0.5, 0.6) is 0 Å². The summed E-state index contributed by atoms with van der Waals surface area (Å²) in [5, 5.41) is 4.71. The van der Waals surface area contributed by atoms with Gasteiger partial charge in [-0.1, -0.05) is 12.8 Å². The van der Waals surface area contributed by atoms with Crippen LogP contribution in [0.4, 0.5) is 0 Å². The summed E-state index contributed by atoms with van der Waals surface area (Å²) in [6.45, 7) is 2.66. The molecule has 0 aromatic carbocycles. The summed E-state index contributed by atoms with van der Waals surface area (Å²) < 4.78 is 0. The molecule has 2 saturated carbocycles. The summed E-state index contributed by atoms with van der Waals surface area (Å²) >= 11 is 2.11. The van der Waals surface area contributed by atoms with Crippen molar-refractivity contribution >= 4 is 11.8 Å².